The van der Waals surface area contributed by atoms with Crippen molar-refractivity contribution < 1.29 is 8.42 Å². The lowest BCUT2D eigenvalue weighted by molar-refractivity contribution is 0.576. The Kier molecular flexibility index (Phi) is 3.62. The van der Waals surface area contributed by atoms with E-state index in [1.165, 1.54) is 11.3 Å². The smallest absolute Gasteiger partial charge is 0.260 e. The van der Waals surface area contributed by atoms with Gasteiger partial charge in [0.25, 0.3) is 10.0 Å². The Hall–Kier alpha value is -1.97. The zero-order valence-corrected chi connectivity index (χ0v) is 12.8. The Morgan fingerprint density at radius 1 is 1.38 bits per heavy atom. The van der Waals surface area contributed by atoms with Gasteiger partial charge in [0.15, 0.2) is 15.8 Å². The molecule has 0 fully saturated rings. The van der Waals surface area contributed by atoms with Crippen LogP contribution in [0.15, 0.2) is 41.0 Å². The number of thiazole rings is 1. The molecule has 0 aliphatic rings. The second-order valence-electron chi connectivity index (χ2n) is 4.22. The van der Waals surface area contributed by atoms with Gasteiger partial charge >= 0.3 is 0 Å². The molecule has 0 aliphatic carbocycles. The summed E-state index contributed by atoms with van der Waals surface area (Å²) in [5.41, 5.74) is 0.651. The summed E-state index contributed by atoms with van der Waals surface area (Å²) in [5, 5.41) is 4.72. The summed E-state index contributed by atoms with van der Waals surface area (Å²) in [6.45, 7) is 0.129. The van der Waals surface area contributed by atoms with Crippen LogP contribution in [0.25, 0.3) is 4.96 Å². The lowest BCUT2D eigenvalue weighted by Gasteiger charge is -2.07. The molecule has 2 N–H and O–H groups in total. The Bertz CT molecular complexity index is 854. The van der Waals surface area contributed by atoms with Crippen LogP contribution in [-0.2, 0) is 16.6 Å². The Labute approximate surface area is 125 Å². The van der Waals surface area contributed by atoms with E-state index in [0.29, 0.717) is 16.5 Å². The molecule has 3 heterocycles. The average Bonchev–Trinajstić information content (AvgIpc) is 3.06. The predicted octanol–water partition coefficient (Wildman–Crippen LogP) is 1.31. The van der Waals surface area contributed by atoms with E-state index in [1.807, 2.05) is 6.07 Å². The van der Waals surface area contributed by atoms with E-state index >= 15 is 0 Å². The topological polar surface area (TPSA) is 88.4 Å². The van der Waals surface area contributed by atoms with Gasteiger partial charge in [-0.3, -0.25) is 9.38 Å². The molecule has 0 saturated heterocycles. The Balaban J connectivity index is 1.94. The molecule has 3 rings (SSSR count). The third-order valence-corrected chi connectivity index (χ3v) is 5.06. The zero-order valence-electron chi connectivity index (χ0n) is 11.1. The van der Waals surface area contributed by atoms with Crippen LogP contribution in [0.4, 0.5) is 5.82 Å². The van der Waals surface area contributed by atoms with Crippen LogP contribution in [0, 0.1) is 0 Å². The summed E-state index contributed by atoms with van der Waals surface area (Å²) in [7, 11) is -2.06. The van der Waals surface area contributed by atoms with Gasteiger partial charge in [-0.1, -0.05) is 6.07 Å². The molecule has 0 saturated carbocycles. The fourth-order valence-electron chi connectivity index (χ4n) is 1.92. The van der Waals surface area contributed by atoms with Crippen molar-refractivity contribution in [2.24, 2.45) is 0 Å². The fraction of sp³-hybridized carbons (Fsp3) is 0.167. The molecule has 21 heavy (non-hydrogen) atoms. The largest absolute Gasteiger partial charge is 0.371 e. The SMILES string of the molecule is CNc1nc2sccn2c1S(=O)(=O)NCc1ccccn1. The highest BCUT2D eigenvalue weighted by atomic mass is 32.2. The van der Waals surface area contributed by atoms with E-state index in [-0.39, 0.29) is 11.6 Å². The standard InChI is InChI=1S/C12H13N5O2S2/c1-13-10-11(17-6-7-20-12(17)16-10)21(18,19)15-8-9-4-2-3-5-14-9/h2-7,13,15H,8H2,1H3. The summed E-state index contributed by atoms with van der Waals surface area (Å²) >= 11 is 1.38. The maximum absolute atomic E-state index is 12.5. The van der Waals surface area contributed by atoms with E-state index < -0.39 is 10.0 Å². The summed E-state index contributed by atoms with van der Waals surface area (Å²) < 4.78 is 29.1. The number of nitrogens with zero attached hydrogens (tertiary/aromatic N) is 3. The van der Waals surface area contributed by atoms with Crippen LogP contribution < -0.4 is 10.0 Å². The van der Waals surface area contributed by atoms with E-state index in [0.717, 1.165) is 0 Å². The molecule has 0 amide bonds. The molecule has 0 atom stereocenters. The number of anilines is 1. The second-order valence-corrected chi connectivity index (χ2v) is 6.77. The lowest BCUT2D eigenvalue weighted by Crippen LogP contribution is -2.25. The number of fused-ring (bicyclic) bond motifs is 1. The number of imidazole rings is 1. The highest BCUT2D eigenvalue weighted by molar-refractivity contribution is 7.89. The van der Waals surface area contributed by atoms with Crippen molar-refractivity contribution in [3.05, 3.63) is 41.7 Å². The van der Waals surface area contributed by atoms with Gasteiger partial charge in [0.2, 0.25) is 0 Å². The first-order chi connectivity index (χ1) is 10.1. The summed E-state index contributed by atoms with van der Waals surface area (Å²) in [4.78, 5) is 8.97. The minimum absolute atomic E-state index is 0.109. The maximum Gasteiger partial charge on any atom is 0.260 e. The van der Waals surface area contributed by atoms with Crippen molar-refractivity contribution in [2.75, 3.05) is 12.4 Å². The number of hydrogen-bond donors (Lipinski definition) is 2. The first-order valence-electron chi connectivity index (χ1n) is 6.14. The van der Waals surface area contributed by atoms with Gasteiger partial charge in [0.05, 0.1) is 12.2 Å². The number of hydrogen-bond acceptors (Lipinski definition) is 6. The minimum Gasteiger partial charge on any atom is -0.371 e. The molecule has 0 aromatic carbocycles. The second kappa shape index (κ2) is 5.43. The third kappa shape index (κ3) is 2.62. The highest BCUT2D eigenvalue weighted by Gasteiger charge is 2.25. The van der Waals surface area contributed by atoms with E-state index in [9.17, 15) is 8.42 Å². The maximum atomic E-state index is 12.5. The molecule has 7 nitrogen and oxygen atoms in total. The van der Waals surface area contributed by atoms with Crippen LogP contribution in [0.2, 0.25) is 0 Å². The number of rotatable bonds is 5. The molecule has 0 spiro atoms. The van der Waals surface area contributed by atoms with E-state index in [2.05, 4.69) is 20.0 Å². The molecule has 0 bridgehead atoms. The van der Waals surface area contributed by atoms with Crippen molar-refractivity contribution >= 4 is 32.1 Å². The van der Waals surface area contributed by atoms with E-state index in [4.69, 9.17) is 0 Å². The summed E-state index contributed by atoms with van der Waals surface area (Å²) in [6.07, 6.45) is 3.31. The number of nitrogens with one attached hydrogen (secondary N) is 2. The quantitative estimate of drug-likeness (QED) is 0.739. The molecule has 0 unspecified atom stereocenters. The van der Waals surface area contributed by atoms with Gasteiger partial charge in [0.1, 0.15) is 0 Å². The van der Waals surface area contributed by atoms with Gasteiger partial charge in [-0.2, -0.15) is 0 Å². The van der Waals surface area contributed by atoms with Crippen LogP contribution >= 0.6 is 11.3 Å². The zero-order chi connectivity index (χ0) is 14.9. The molecular formula is C12H13N5O2S2. The molecule has 3 aromatic heterocycles. The molecule has 9 heteroatoms. The first-order valence-corrected chi connectivity index (χ1v) is 8.51. The van der Waals surface area contributed by atoms with Gasteiger partial charge < -0.3 is 5.32 Å². The third-order valence-electron chi connectivity index (χ3n) is 2.88. The van der Waals surface area contributed by atoms with Crippen LogP contribution in [0.1, 0.15) is 5.69 Å². The van der Waals surface area contributed by atoms with Crippen LogP contribution in [0.3, 0.4) is 0 Å². The van der Waals surface area contributed by atoms with Gasteiger partial charge in [-0.05, 0) is 12.1 Å². The fourth-order valence-corrected chi connectivity index (χ4v) is 3.98. The normalized spacial score (nSPS) is 11.9. The van der Waals surface area contributed by atoms with Crippen molar-refractivity contribution in [2.45, 2.75) is 11.6 Å². The summed E-state index contributed by atoms with van der Waals surface area (Å²) in [5.74, 6) is 0.329. The number of aromatic nitrogens is 3. The van der Waals surface area contributed by atoms with Gasteiger partial charge in [0, 0.05) is 24.8 Å². The molecule has 3 aromatic rings. The molecular weight excluding hydrogens is 310 g/mol. The van der Waals surface area contributed by atoms with Crippen molar-refractivity contribution in [3.8, 4) is 0 Å². The monoisotopic (exact) mass is 323 g/mol. The van der Waals surface area contributed by atoms with Crippen molar-refractivity contribution in [1.82, 2.24) is 19.1 Å². The highest BCUT2D eigenvalue weighted by Crippen LogP contribution is 2.25. The van der Waals surface area contributed by atoms with Crippen molar-refractivity contribution in [3.63, 3.8) is 0 Å². The van der Waals surface area contributed by atoms with Gasteiger partial charge in [-0.15, -0.1) is 11.3 Å². The first kappa shape index (κ1) is 14.0. The number of pyridine rings is 1. The Morgan fingerprint density at radius 2 is 2.24 bits per heavy atom. The predicted molar refractivity (Wildman–Crippen MR) is 80.9 cm³/mol. The molecule has 0 aliphatic heterocycles. The number of sulfonamides is 1. The van der Waals surface area contributed by atoms with Gasteiger partial charge in [-0.25, -0.2) is 18.1 Å². The van der Waals surface area contributed by atoms with Crippen molar-refractivity contribution in [1.29, 1.82) is 0 Å². The molecule has 0 radical (unpaired) electrons. The van der Waals surface area contributed by atoms with Crippen LogP contribution in [0.5, 0.6) is 0 Å². The minimum atomic E-state index is -3.70. The van der Waals surface area contributed by atoms with Crippen LogP contribution in [-0.4, -0.2) is 29.8 Å². The van der Waals surface area contributed by atoms with E-state index in [1.54, 1.807) is 41.4 Å². The Morgan fingerprint density at radius 3 is 2.95 bits per heavy atom. The lowest BCUT2D eigenvalue weighted by atomic mass is 10.4. The summed E-state index contributed by atoms with van der Waals surface area (Å²) in [6, 6.07) is 5.35. The molecule has 110 valence electrons. The average molecular weight is 323 g/mol.